The van der Waals surface area contributed by atoms with E-state index < -0.39 is 0 Å². The maximum Gasteiger partial charge on any atom is 0.0213 e. The van der Waals surface area contributed by atoms with Gasteiger partial charge in [0.2, 0.25) is 0 Å². The molecule has 0 nitrogen and oxygen atoms in total. The second kappa shape index (κ2) is 2.77. The minimum atomic E-state index is 0.503. The monoisotopic (exact) mass is 107 g/mol. The van der Waals surface area contributed by atoms with E-state index in [4.69, 9.17) is 6.42 Å². The van der Waals surface area contributed by atoms with Gasteiger partial charge in [-0.25, -0.2) is 0 Å². The molecule has 0 amide bonds. The van der Waals surface area contributed by atoms with Gasteiger partial charge in [-0.3, -0.25) is 0 Å². The first-order valence-electron chi connectivity index (χ1n) is 3.36. The molecular weight excluding hydrogens is 96.1 g/mol. The first-order valence-corrected chi connectivity index (χ1v) is 3.36. The summed E-state index contributed by atoms with van der Waals surface area (Å²) in [6, 6.07) is 0. The topological polar surface area (TPSA) is 0 Å². The average Bonchev–Trinajstić information content (AvgIpc) is 1.90. The summed E-state index contributed by atoms with van der Waals surface area (Å²) >= 11 is 0. The Morgan fingerprint density at radius 3 is 2.12 bits per heavy atom. The molecule has 0 unspecified atom stereocenters. The van der Waals surface area contributed by atoms with Crippen molar-refractivity contribution in [3.63, 3.8) is 0 Å². The lowest BCUT2D eigenvalue weighted by atomic mass is 9.90. The van der Waals surface area contributed by atoms with E-state index in [1.54, 1.807) is 0 Å². The van der Waals surface area contributed by atoms with Crippen LogP contribution >= 0.6 is 0 Å². The van der Waals surface area contributed by atoms with Crippen LogP contribution in [0.25, 0.3) is 0 Å². The van der Waals surface area contributed by atoms with Crippen LogP contribution in [0.3, 0.4) is 0 Å². The zero-order chi connectivity index (χ0) is 5.82. The normalized spacial score (nSPS) is 22.4. The fourth-order valence-corrected chi connectivity index (χ4v) is 1.25. The minimum Gasteiger partial charge on any atom is -0.0857 e. The molecule has 0 saturated heterocycles. The molecule has 0 spiro atoms. The number of hydrogen-bond donors (Lipinski definition) is 0. The van der Waals surface area contributed by atoms with Gasteiger partial charge in [0.05, 0.1) is 0 Å². The molecule has 1 fully saturated rings. The molecule has 1 saturated carbocycles. The molecule has 1 aliphatic rings. The molecule has 0 aromatic carbocycles. The maximum absolute atomic E-state index is 6.85. The Kier molecular flexibility index (Phi) is 1.97. The first-order chi connectivity index (χ1) is 3.93. The van der Waals surface area contributed by atoms with Gasteiger partial charge in [0, 0.05) is 5.92 Å². The molecule has 0 aromatic heterocycles. The molecule has 8 heavy (non-hydrogen) atoms. The van der Waals surface area contributed by atoms with E-state index in [0.29, 0.717) is 5.92 Å². The highest BCUT2D eigenvalue weighted by molar-refractivity contribution is 4.88. The van der Waals surface area contributed by atoms with Crippen LogP contribution in [0.4, 0.5) is 0 Å². The Balaban J connectivity index is 2.25. The fourth-order valence-electron chi connectivity index (χ4n) is 1.25. The third-order valence-electron chi connectivity index (χ3n) is 1.81. The highest BCUT2D eigenvalue weighted by Crippen LogP contribution is 2.22. The van der Waals surface area contributed by atoms with E-state index in [1.807, 2.05) is 0 Å². The number of rotatable bonds is 0. The number of hydrogen-bond acceptors (Lipinski definition) is 0. The van der Waals surface area contributed by atoms with Gasteiger partial charge >= 0.3 is 0 Å². The summed E-state index contributed by atoms with van der Waals surface area (Å²) in [6.45, 7) is 0. The van der Waals surface area contributed by atoms with Gasteiger partial charge in [-0.2, -0.15) is 0 Å². The van der Waals surface area contributed by atoms with Crippen molar-refractivity contribution in [3.05, 3.63) is 6.42 Å². The SMILES string of the molecule is [C]#CC1CCCCC1. The lowest BCUT2D eigenvalue weighted by Gasteiger charge is -2.14. The van der Waals surface area contributed by atoms with Crippen LogP contribution in [0.2, 0.25) is 0 Å². The van der Waals surface area contributed by atoms with Crippen LogP contribution < -0.4 is 0 Å². The van der Waals surface area contributed by atoms with Crippen molar-refractivity contribution in [2.75, 3.05) is 0 Å². The molecule has 0 aliphatic heterocycles. The van der Waals surface area contributed by atoms with Gasteiger partial charge in [-0.05, 0) is 19.3 Å². The van der Waals surface area contributed by atoms with Gasteiger partial charge in [-0.1, -0.05) is 25.2 Å². The van der Waals surface area contributed by atoms with Crippen LogP contribution in [0.5, 0.6) is 0 Å². The fraction of sp³-hybridized carbons (Fsp3) is 0.750. The Morgan fingerprint density at radius 1 is 1.12 bits per heavy atom. The summed E-state index contributed by atoms with van der Waals surface area (Å²) in [5.74, 6) is 3.06. The second-order valence-electron chi connectivity index (χ2n) is 2.48. The summed E-state index contributed by atoms with van der Waals surface area (Å²) in [4.78, 5) is 0. The molecule has 0 heterocycles. The molecule has 0 bridgehead atoms. The smallest absolute Gasteiger partial charge is 0.0213 e. The minimum absolute atomic E-state index is 0.503. The maximum atomic E-state index is 6.85. The highest BCUT2D eigenvalue weighted by atomic mass is 14.1. The molecular formula is C8H11. The van der Waals surface area contributed by atoms with Crippen molar-refractivity contribution in [2.24, 2.45) is 5.92 Å². The van der Waals surface area contributed by atoms with Gasteiger partial charge in [0.25, 0.3) is 0 Å². The Bertz CT molecular complexity index is 91.1. The molecule has 43 valence electrons. The van der Waals surface area contributed by atoms with E-state index in [-0.39, 0.29) is 0 Å². The van der Waals surface area contributed by atoms with Crippen molar-refractivity contribution in [1.82, 2.24) is 0 Å². The zero-order valence-electron chi connectivity index (χ0n) is 5.11. The summed E-state index contributed by atoms with van der Waals surface area (Å²) in [5, 5.41) is 0. The van der Waals surface area contributed by atoms with E-state index in [0.717, 1.165) is 0 Å². The van der Waals surface area contributed by atoms with Crippen LogP contribution in [0.1, 0.15) is 32.1 Å². The lowest BCUT2D eigenvalue weighted by Crippen LogP contribution is -2.02. The van der Waals surface area contributed by atoms with Crippen LogP contribution in [-0.4, -0.2) is 0 Å². The highest BCUT2D eigenvalue weighted by Gasteiger charge is 2.08. The summed E-state index contributed by atoms with van der Waals surface area (Å²) in [6.07, 6.45) is 13.3. The molecule has 0 atom stereocenters. The van der Waals surface area contributed by atoms with Crippen molar-refractivity contribution >= 4 is 0 Å². The van der Waals surface area contributed by atoms with E-state index in [1.165, 1.54) is 32.1 Å². The van der Waals surface area contributed by atoms with Crippen molar-refractivity contribution in [3.8, 4) is 5.92 Å². The Labute approximate surface area is 51.3 Å². The second-order valence-corrected chi connectivity index (χ2v) is 2.48. The van der Waals surface area contributed by atoms with Gasteiger partial charge in [-0.15, -0.1) is 0 Å². The largest absolute Gasteiger partial charge is 0.0857 e. The summed E-state index contributed by atoms with van der Waals surface area (Å²) < 4.78 is 0. The van der Waals surface area contributed by atoms with Crippen LogP contribution in [-0.2, 0) is 0 Å². The predicted octanol–water partition coefficient (Wildman–Crippen LogP) is 2.16. The summed E-state index contributed by atoms with van der Waals surface area (Å²) in [7, 11) is 0. The van der Waals surface area contributed by atoms with E-state index >= 15 is 0 Å². The molecule has 1 aliphatic carbocycles. The third-order valence-corrected chi connectivity index (χ3v) is 1.81. The first kappa shape index (κ1) is 5.69. The Hall–Kier alpha value is -0.440. The predicted molar refractivity (Wildman–Crippen MR) is 33.7 cm³/mol. The van der Waals surface area contributed by atoms with E-state index in [9.17, 15) is 0 Å². The molecule has 0 N–H and O–H groups in total. The Morgan fingerprint density at radius 2 is 1.75 bits per heavy atom. The van der Waals surface area contributed by atoms with Gasteiger partial charge in [0.1, 0.15) is 0 Å². The van der Waals surface area contributed by atoms with Crippen molar-refractivity contribution in [1.29, 1.82) is 0 Å². The van der Waals surface area contributed by atoms with Crippen molar-refractivity contribution in [2.45, 2.75) is 32.1 Å². The lowest BCUT2D eigenvalue weighted by molar-refractivity contribution is 0.430. The third kappa shape index (κ3) is 1.26. The van der Waals surface area contributed by atoms with Crippen molar-refractivity contribution < 1.29 is 0 Å². The van der Waals surface area contributed by atoms with E-state index in [2.05, 4.69) is 5.92 Å². The molecule has 1 radical (unpaired) electrons. The zero-order valence-corrected chi connectivity index (χ0v) is 5.11. The standard InChI is InChI=1S/C8H11/c1-2-8-6-4-3-5-7-8/h8H,3-7H2. The average molecular weight is 107 g/mol. The molecule has 0 heteroatoms. The molecule has 0 aromatic rings. The molecule has 1 rings (SSSR count). The van der Waals surface area contributed by atoms with Crippen LogP contribution in [0, 0.1) is 18.3 Å². The van der Waals surface area contributed by atoms with Crippen LogP contribution in [0.15, 0.2) is 0 Å². The van der Waals surface area contributed by atoms with Gasteiger partial charge < -0.3 is 0 Å². The van der Waals surface area contributed by atoms with Gasteiger partial charge in [0.15, 0.2) is 0 Å². The summed E-state index contributed by atoms with van der Waals surface area (Å²) in [5.41, 5.74) is 0. The quantitative estimate of drug-likeness (QED) is 0.416.